The average Bonchev–Trinajstić information content (AvgIpc) is 2.60. The molecule has 2 atom stereocenters. The summed E-state index contributed by atoms with van der Waals surface area (Å²) in [6.07, 6.45) is -0.697. The van der Waals surface area contributed by atoms with Gasteiger partial charge in [-0.1, -0.05) is 6.07 Å². The molecule has 1 aromatic rings. The Morgan fingerprint density at radius 1 is 1.36 bits per heavy atom. The minimum Gasteiger partial charge on any atom is -0.495 e. The SMILES string of the molecule is COc1cc(C(O)CN2CCN(C(C)(C)C)C[C@@H]2CO)ccc1C#N. The first-order valence-electron chi connectivity index (χ1n) is 8.66. The molecule has 2 N–H and O–H groups in total. The number of hydrogen-bond acceptors (Lipinski definition) is 6. The van der Waals surface area contributed by atoms with Crippen LogP contribution in [0.4, 0.5) is 0 Å². The second-order valence-corrected chi connectivity index (χ2v) is 7.54. The smallest absolute Gasteiger partial charge is 0.136 e. The largest absolute Gasteiger partial charge is 0.495 e. The zero-order chi connectivity index (χ0) is 18.6. The van der Waals surface area contributed by atoms with Crippen LogP contribution < -0.4 is 4.74 Å². The van der Waals surface area contributed by atoms with Crippen molar-refractivity contribution in [2.24, 2.45) is 0 Å². The molecular formula is C19H29N3O3. The first-order valence-corrected chi connectivity index (χ1v) is 8.66. The molecule has 0 amide bonds. The van der Waals surface area contributed by atoms with Gasteiger partial charge in [0.2, 0.25) is 0 Å². The van der Waals surface area contributed by atoms with Gasteiger partial charge in [-0.2, -0.15) is 5.26 Å². The fraction of sp³-hybridized carbons (Fsp3) is 0.632. The summed E-state index contributed by atoms with van der Waals surface area (Å²) in [5, 5.41) is 29.5. The molecule has 0 radical (unpaired) electrons. The van der Waals surface area contributed by atoms with Crippen molar-refractivity contribution in [2.75, 3.05) is 39.9 Å². The van der Waals surface area contributed by atoms with E-state index in [-0.39, 0.29) is 18.2 Å². The van der Waals surface area contributed by atoms with E-state index in [4.69, 9.17) is 10.00 Å². The molecule has 1 fully saturated rings. The average molecular weight is 347 g/mol. The summed E-state index contributed by atoms with van der Waals surface area (Å²) in [5.74, 6) is 0.468. The number of hydrogen-bond donors (Lipinski definition) is 2. The summed E-state index contributed by atoms with van der Waals surface area (Å²) in [5.41, 5.74) is 1.23. The van der Waals surface area contributed by atoms with Crippen LogP contribution in [0.3, 0.4) is 0 Å². The minimum atomic E-state index is -0.697. The quantitative estimate of drug-likeness (QED) is 0.838. The van der Waals surface area contributed by atoms with Gasteiger partial charge in [-0.15, -0.1) is 0 Å². The second kappa shape index (κ2) is 8.15. The van der Waals surface area contributed by atoms with Crippen molar-refractivity contribution in [3.8, 4) is 11.8 Å². The van der Waals surface area contributed by atoms with Crippen molar-refractivity contribution >= 4 is 0 Å². The van der Waals surface area contributed by atoms with Gasteiger partial charge in [0.1, 0.15) is 11.8 Å². The van der Waals surface area contributed by atoms with Gasteiger partial charge in [0, 0.05) is 37.8 Å². The normalized spacial score (nSPS) is 20.9. The summed E-state index contributed by atoms with van der Waals surface area (Å²) in [6, 6.07) is 7.21. The summed E-state index contributed by atoms with van der Waals surface area (Å²) in [4.78, 5) is 4.50. The highest BCUT2D eigenvalue weighted by Crippen LogP contribution is 2.26. The monoisotopic (exact) mass is 347 g/mol. The minimum absolute atomic E-state index is 0.00269. The number of benzene rings is 1. The summed E-state index contributed by atoms with van der Waals surface area (Å²) < 4.78 is 5.22. The maximum atomic E-state index is 10.6. The number of β-amino-alcohol motifs (C(OH)–C–C–N with tert-alkyl or cyclic N) is 1. The number of nitriles is 1. The Morgan fingerprint density at radius 2 is 2.08 bits per heavy atom. The van der Waals surface area contributed by atoms with E-state index in [9.17, 15) is 10.2 Å². The molecule has 0 saturated carbocycles. The number of aliphatic hydroxyl groups is 2. The second-order valence-electron chi connectivity index (χ2n) is 7.54. The number of nitrogens with zero attached hydrogens (tertiary/aromatic N) is 3. The molecule has 1 aromatic carbocycles. The van der Waals surface area contributed by atoms with E-state index in [0.717, 1.165) is 19.6 Å². The number of piperazine rings is 1. The Bertz CT molecular complexity index is 621. The highest BCUT2D eigenvalue weighted by molar-refractivity contribution is 5.45. The molecule has 0 bridgehead atoms. The topological polar surface area (TPSA) is 80.0 Å². The fourth-order valence-corrected chi connectivity index (χ4v) is 3.25. The van der Waals surface area contributed by atoms with E-state index >= 15 is 0 Å². The molecule has 0 spiro atoms. The van der Waals surface area contributed by atoms with Crippen LogP contribution in [0.5, 0.6) is 5.75 Å². The van der Waals surface area contributed by atoms with Crippen LogP contribution in [-0.2, 0) is 0 Å². The molecule has 6 nitrogen and oxygen atoms in total. The lowest BCUT2D eigenvalue weighted by atomic mass is 10.0. The molecular weight excluding hydrogens is 318 g/mol. The Labute approximate surface area is 150 Å². The first kappa shape index (κ1) is 19.7. The first-order chi connectivity index (χ1) is 11.8. The van der Waals surface area contributed by atoms with Crippen LogP contribution in [0.1, 0.15) is 38.0 Å². The molecule has 2 rings (SSSR count). The Morgan fingerprint density at radius 3 is 2.64 bits per heavy atom. The van der Waals surface area contributed by atoms with Gasteiger partial charge in [0.25, 0.3) is 0 Å². The van der Waals surface area contributed by atoms with Gasteiger partial charge < -0.3 is 14.9 Å². The molecule has 0 aliphatic carbocycles. The molecule has 6 heteroatoms. The predicted molar refractivity (Wildman–Crippen MR) is 96.4 cm³/mol. The van der Waals surface area contributed by atoms with Crippen molar-refractivity contribution in [2.45, 2.75) is 38.5 Å². The van der Waals surface area contributed by atoms with Crippen molar-refractivity contribution in [1.82, 2.24) is 9.80 Å². The number of ether oxygens (including phenoxy) is 1. The van der Waals surface area contributed by atoms with Crippen LogP contribution in [-0.4, -0.2) is 71.5 Å². The van der Waals surface area contributed by atoms with Gasteiger partial charge in [-0.3, -0.25) is 9.80 Å². The Hall–Kier alpha value is -1.65. The van der Waals surface area contributed by atoms with E-state index in [1.54, 1.807) is 18.2 Å². The highest BCUT2D eigenvalue weighted by atomic mass is 16.5. The standard InChI is InChI=1S/C19H29N3O3/c1-19(2,3)22-8-7-21(16(11-22)13-23)12-17(24)14-5-6-15(10-20)18(9-14)25-4/h5-6,9,16-17,23-24H,7-8,11-13H2,1-4H3/t16-,17?/m1/s1. The molecule has 1 aliphatic heterocycles. The zero-order valence-corrected chi connectivity index (χ0v) is 15.6. The van der Waals surface area contributed by atoms with Gasteiger partial charge in [-0.05, 0) is 38.5 Å². The van der Waals surface area contributed by atoms with Gasteiger partial charge in [0.05, 0.1) is 25.4 Å². The molecule has 1 saturated heterocycles. The molecule has 138 valence electrons. The maximum absolute atomic E-state index is 10.6. The van der Waals surface area contributed by atoms with Crippen LogP contribution >= 0.6 is 0 Å². The third kappa shape index (κ3) is 4.71. The predicted octanol–water partition coefficient (Wildman–Crippen LogP) is 1.38. The number of aliphatic hydroxyl groups excluding tert-OH is 2. The van der Waals surface area contributed by atoms with Gasteiger partial charge >= 0.3 is 0 Å². The highest BCUT2D eigenvalue weighted by Gasteiger charge is 2.33. The molecule has 1 aliphatic rings. The van der Waals surface area contributed by atoms with Crippen LogP contribution in [0, 0.1) is 11.3 Å². The summed E-state index contributed by atoms with van der Waals surface area (Å²) in [6.45, 7) is 9.52. The lowest BCUT2D eigenvalue weighted by Crippen LogP contribution is -2.59. The summed E-state index contributed by atoms with van der Waals surface area (Å²) >= 11 is 0. The lowest BCUT2D eigenvalue weighted by molar-refractivity contribution is -0.0188. The third-order valence-electron chi connectivity index (χ3n) is 4.90. The number of rotatable bonds is 5. The van der Waals surface area contributed by atoms with E-state index in [0.29, 0.717) is 23.4 Å². The molecule has 1 unspecified atom stereocenters. The zero-order valence-electron chi connectivity index (χ0n) is 15.6. The fourth-order valence-electron chi connectivity index (χ4n) is 3.25. The molecule has 25 heavy (non-hydrogen) atoms. The van der Waals surface area contributed by atoms with Crippen LogP contribution in [0.15, 0.2) is 18.2 Å². The van der Waals surface area contributed by atoms with Crippen molar-refractivity contribution in [3.05, 3.63) is 29.3 Å². The van der Waals surface area contributed by atoms with Crippen molar-refractivity contribution < 1.29 is 14.9 Å². The van der Waals surface area contributed by atoms with Gasteiger partial charge in [-0.25, -0.2) is 0 Å². The Balaban J connectivity index is 2.07. The molecule has 1 heterocycles. The van der Waals surface area contributed by atoms with Crippen molar-refractivity contribution in [1.29, 1.82) is 5.26 Å². The Kier molecular flexibility index (Phi) is 6.42. The van der Waals surface area contributed by atoms with Crippen LogP contribution in [0.2, 0.25) is 0 Å². The molecule has 0 aromatic heterocycles. The van der Waals surface area contributed by atoms with E-state index in [2.05, 4.69) is 36.6 Å². The van der Waals surface area contributed by atoms with Gasteiger partial charge in [0.15, 0.2) is 0 Å². The summed E-state index contributed by atoms with van der Waals surface area (Å²) in [7, 11) is 1.51. The maximum Gasteiger partial charge on any atom is 0.136 e. The van der Waals surface area contributed by atoms with E-state index < -0.39 is 6.10 Å². The van der Waals surface area contributed by atoms with E-state index in [1.807, 2.05) is 0 Å². The third-order valence-corrected chi connectivity index (χ3v) is 4.90. The van der Waals surface area contributed by atoms with Crippen molar-refractivity contribution in [3.63, 3.8) is 0 Å². The lowest BCUT2D eigenvalue weighted by Gasteiger charge is -2.46. The van der Waals surface area contributed by atoms with E-state index in [1.165, 1.54) is 7.11 Å². The number of methoxy groups -OCH3 is 1. The van der Waals surface area contributed by atoms with Crippen LogP contribution in [0.25, 0.3) is 0 Å².